The Labute approximate surface area is 222 Å². The normalized spacial score (nSPS) is 16.5. The van der Waals surface area contributed by atoms with Gasteiger partial charge in [0, 0.05) is 12.0 Å². The van der Waals surface area contributed by atoms with Crippen LogP contribution in [0.1, 0.15) is 28.4 Å². The third-order valence-corrected chi connectivity index (χ3v) is 6.58. The van der Waals surface area contributed by atoms with Crippen LogP contribution >= 0.6 is 0 Å². The van der Waals surface area contributed by atoms with Crippen LogP contribution in [0.2, 0.25) is 0 Å². The van der Waals surface area contributed by atoms with Gasteiger partial charge in [0.2, 0.25) is 0 Å². The summed E-state index contributed by atoms with van der Waals surface area (Å²) >= 11 is 0. The summed E-state index contributed by atoms with van der Waals surface area (Å²) in [4.78, 5) is 0. The molecular formula is C32H30O6. The van der Waals surface area contributed by atoms with Crippen LogP contribution in [0, 0.1) is 0 Å². The maximum absolute atomic E-state index is 10.1. The van der Waals surface area contributed by atoms with E-state index in [1.807, 2.05) is 66.7 Å². The zero-order valence-electron chi connectivity index (χ0n) is 21.3. The van der Waals surface area contributed by atoms with E-state index in [1.165, 1.54) is 7.11 Å². The van der Waals surface area contributed by atoms with Gasteiger partial charge in [-0.15, -0.1) is 0 Å². The van der Waals surface area contributed by atoms with Gasteiger partial charge >= 0.3 is 0 Å². The van der Waals surface area contributed by atoms with E-state index >= 15 is 0 Å². The third-order valence-electron chi connectivity index (χ3n) is 6.58. The molecule has 5 rings (SSSR count). The van der Waals surface area contributed by atoms with Gasteiger partial charge in [0.15, 0.2) is 29.1 Å². The summed E-state index contributed by atoms with van der Waals surface area (Å²) in [5.74, 6) is 2.76. The van der Waals surface area contributed by atoms with Gasteiger partial charge < -0.3 is 29.2 Å². The fraction of sp³-hybridized carbons (Fsp3) is 0.188. The molecule has 0 amide bonds. The summed E-state index contributed by atoms with van der Waals surface area (Å²) in [7, 11) is 3.15. The molecule has 0 bridgehead atoms. The number of aromatic hydroxyl groups is 2. The van der Waals surface area contributed by atoms with E-state index in [0.29, 0.717) is 23.7 Å². The highest BCUT2D eigenvalue weighted by Crippen LogP contribution is 2.41. The van der Waals surface area contributed by atoms with Crippen molar-refractivity contribution in [3.05, 3.63) is 113 Å². The van der Waals surface area contributed by atoms with E-state index in [1.54, 1.807) is 31.4 Å². The molecule has 38 heavy (non-hydrogen) atoms. The molecule has 0 spiro atoms. The molecule has 1 aliphatic heterocycles. The minimum absolute atomic E-state index is 0.0700. The van der Waals surface area contributed by atoms with Gasteiger partial charge in [-0.3, -0.25) is 0 Å². The Balaban J connectivity index is 1.39. The van der Waals surface area contributed by atoms with Gasteiger partial charge in [0.1, 0.15) is 17.6 Å². The molecule has 0 radical (unpaired) electrons. The third kappa shape index (κ3) is 5.54. The monoisotopic (exact) mass is 510 g/mol. The van der Waals surface area contributed by atoms with Crippen molar-refractivity contribution in [2.24, 2.45) is 0 Å². The van der Waals surface area contributed by atoms with Crippen molar-refractivity contribution < 1.29 is 29.2 Å². The van der Waals surface area contributed by atoms with Crippen molar-refractivity contribution in [3.63, 3.8) is 0 Å². The zero-order valence-corrected chi connectivity index (χ0v) is 21.3. The fourth-order valence-electron chi connectivity index (χ4n) is 4.59. The van der Waals surface area contributed by atoms with E-state index in [-0.39, 0.29) is 17.6 Å². The number of rotatable bonds is 8. The second-order valence-electron chi connectivity index (χ2n) is 9.12. The second kappa shape index (κ2) is 11.2. The standard InChI is InChI=1S/C32H30O6/c1-35-29-20-24(13-16-26(29)34)32-31(19-23-8-3-4-9-27(23)38-32)37-28-17-12-22(18-30(28)36-2)7-5-6-21-10-14-25(33)15-11-21/h3-5,7-18,20,31-34H,6,19H2,1-2H3/b7-5+. The summed E-state index contributed by atoms with van der Waals surface area (Å²) in [6.07, 6.45) is 4.73. The predicted octanol–water partition coefficient (Wildman–Crippen LogP) is 6.49. The molecule has 0 saturated carbocycles. The molecule has 0 aliphatic carbocycles. The van der Waals surface area contributed by atoms with Crippen LogP contribution in [-0.2, 0) is 12.8 Å². The van der Waals surface area contributed by atoms with Crippen LogP contribution in [0.3, 0.4) is 0 Å². The Morgan fingerprint density at radius 3 is 2.42 bits per heavy atom. The highest BCUT2D eigenvalue weighted by atomic mass is 16.6. The van der Waals surface area contributed by atoms with E-state index in [0.717, 1.165) is 34.4 Å². The molecule has 6 nitrogen and oxygen atoms in total. The SMILES string of the molecule is COc1cc(C2Oc3ccccc3CC2Oc2ccc(/C=C/Cc3ccc(O)cc3)cc2OC)ccc1O. The smallest absolute Gasteiger partial charge is 0.161 e. The summed E-state index contributed by atoms with van der Waals surface area (Å²) < 4.78 is 24.0. The molecule has 1 heterocycles. The molecule has 4 aromatic rings. The molecule has 4 aromatic carbocycles. The summed E-state index contributed by atoms with van der Waals surface area (Å²) in [5, 5.41) is 19.6. The largest absolute Gasteiger partial charge is 0.508 e. The number of benzene rings is 4. The topological polar surface area (TPSA) is 77.4 Å². The van der Waals surface area contributed by atoms with E-state index in [9.17, 15) is 10.2 Å². The minimum atomic E-state index is -0.422. The lowest BCUT2D eigenvalue weighted by Gasteiger charge is -2.34. The number of phenols is 2. The second-order valence-corrected chi connectivity index (χ2v) is 9.12. The summed E-state index contributed by atoms with van der Waals surface area (Å²) in [6.45, 7) is 0. The van der Waals surface area contributed by atoms with Gasteiger partial charge in [-0.05, 0) is 65.6 Å². The van der Waals surface area contributed by atoms with Crippen LogP contribution in [0.15, 0.2) is 91.0 Å². The van der Waals surface area contributed by atoms with Crippen LogP contribution < -0.4 is 18.9 Å². The molecule has 6 heteroatoms. The lowest BCUT2D eigenvalue weighted by Crippen LogP contribution is -2.35. The molecule has 2 atom stereocenters. The highest BCUT2D eigenvalue weighted by Gasteiger charge is 2.34. The molecule has 0 aromatic heterocycles. The molecule has 2 unspecified atom stereocenters. The van der Waals surface area contributed by atoms with Gasteiger partial charge in [0.05, 0.1) is 14.2 Å². The highest BCUT2D eigenvalue weighted by molar-refractivity contribution is 5.56. The van der Waals surface area contributed by atoms with E-state index in [4.69, 9.17) is 18.9 Å². The summed E-state index contributed by atoms with van der Waals surface area (Å²) in [5.41, 5.74) is 4.00. The minimum Gasteiger partial charge on any atom is -0.508 e. The van der Waals surface area contributed by atoms with Crippen molar-refractivity contribution >= 4 is 6.08 Å². The predicted molar refractivity (Wildman–Crippen MR) is 146 cm³/mol. The average molecular weight is 511 g/mol. The first-order chi connectivity index (χ1) is 18.5. The lowest BCUT2D eigenvalue weighted by atomic mass is 9.94. The molecule has 1 aliphatic rings. The molecular weight excluding hydrogens is 480 g/mol. The van der Waals surface area contributed by atoms with Crippen molar-refractivity contribution in [3.8, 4) is 34.5 Å². The Morgan fingerprint density at radius 1 is 0.842 bits per heavy atom. The summed E-state index contributed by atoms with van der Waals surface area (Å²) in [6, 6.07) is 26.2. The number of methoxy groups -OCH3 is 2. The average Bonchev–Trinajstić information content (AvgIpc) is 2.94. The van der Waals surface area contributed by atoms with Crippen molar-refractivity contribution in [1.29, 1.82) is 0 Å². The number of phenolic OH excluding ortho intramolecular Hbond substituents is 2. The lowest BCUT2D eigenvalue weighted by molar-refractivity contribution is 0.0360. The van der Waals surface area contributed by atoms with Crippen LogP contribution in [0.5, 0.6) is 34.5 Å². The number of allylic oxidation sites excluding steroid dienone is 1. The van der Waals surface area contributed by atoms with Gasteiger partial charge in [0.25, 0.3) is 0 Å². The maximum atomic E-state index is 10.1. The Kier molecular flexibility index (Phi) is 7.40. The van der Waals surface area contributed by atoms with Gasteiger partial charge in [-0.25, -0.2) is 0 Å². The number of hydrogen-bond donors (Lipinski definition) is 2. The number of ether oxygens (including phenoxy) is 4. The van der Waals surface area contributed by atoms with Crippen molar-refractivity contribution in [2.75, 3.05) is 14.2 Å². The Morgan fingerprint density at radius 2 is 1.63 bits per heavy atom. The first-order valence-electron chi connectivity index (χ1n) is 12.4. The molecule has 2 N–H and O–H groups in total. The van der Waals surface area contributed by atoms with Crippen LogP contribution in [0.4, 0.5) is 0 Å². The zero-order chi connectivity index (χ0) is 26.5. The van der Waals surface area contributed by atoms with Crippen molar-refractivity contribution in [2.45, 2.75) is 25.0 Å². The number of para-hydroxylation sites is 1. The number of fused-ring (bicyclic) bond motifs is 1. The maximum Gasteiger partial charge on any atom is 0.161 e. The first kappa shape index (κ1) is 25.1. The van der Waals surface area contributed by atoms with Crippen LogP contribution in [-0.4, -0.2) is 30.5 Å². The number of hydrogen-bond acceptors (Lipinski definition) is 6. The Bertz CT molecular complexity index is 1430. The van der Waals surface area contributed by atoms with Crippen LogP contribution in [0.25, 0.3) is 6.08 Å². The quantitative estimate of drug-likeness (QED) is 0.282. The van der Waals surface area contributed by atoms with E-state index in [2.05, 4.69) is 6.08 Å². The fourth-order valence-corrected chi connectivity index (χ4v) is 4.59. The molecule has 194 valence electrons. The van der Waals surface area contributed by atoms with Crippen molar-refractivity contribution in [1.82, 2.24) is 0 Å². The van der Waals surface area contributed by atoms with Gasteiger partial charge in [-0.2, -0.15) is 0 Å². The first-order valence-corrected chi connectivity index (χ1v) is 12.4. The Hall–Kier alpha value is -4.58. The molecule has 0 saturated heterocycles. The van der Waals surface area contributed by atoms with Gasteiger partial charge in [-0.1, -0.05) is 54.6 Å². The van der Waals surface area contributed by atoms with E-state index < -0.39 is 6.10 Å². The molecule has 0 fully saturated rings.